The van der Waals surface area contributed by atoms with Gasteiger partial charge in [0, 0.05) is 4.70 Å². The van der Waals surface area contributed by atoms with E-state index in [0.717, 1.165) is 15.6 Å². The maximum atomic E-state index is 12.6. The summed E-state index contributed by atoms with van der Waals surface area (Å²) >= 11 is 1.62. The summed E-state index contributed by atoms with van der Waals surface area (Å²) in [4.78, 5) is 38.9. The number of hydrogen-bond donors (Lipinski definition) is 1. The van der Waals surface area contributed by atoms with Gasteiger partial charge in [-0.1, -0.05) is 32.0 Å². The van der Waals surface area contributed by atoms with Crippen LogP contribution in [0, 0.1) is 5.41 Å². The number of rotatable bonds is 7. The van der Waals surface area contributed by atoms with Gasteiger partial charge in [0.2, 0.25) is 0 Å². The molecule has 0 aliphatic rings. The lowest BCUT2D eigenvalue weighted by Gasteiger charge is -2.29. The smallest absolute Gasteiger partial charge is 0.337 e. The molecule has 25 heavy (non-hydrogen) atoms. The highest BCUT2D eigenvalue weighted by Crippen LogP contribution is 2.36. The SMILES string of the molecule is CCC(CC)(Cc1csc2ccccc12)C(=O)NOC(=O)CC(=O)[O-]. The summed E-state index contributed by atoms with van der Waals surface area (Å²) in [5.41, 5.74) is 2.44. The number of amides is 1. The van der Waals surface area contributed by atoms with Crippen molar-refractivity contribution in [3.05, 3.63) is 35.2 Å². The Bertz CT molecular complexity index is 779. The molecule has 1 aromatic carbocycles. The molecule has 2 rings (SSSR count). The molecule has 134 valence electrons. The van der Waals surface area contributed by atoms with Gasteiger partial charge in [-0.25, -0.2) is 4.79 Å². The third-order valence-corrected chi connectivity index (χ3v) is 5.48. The molecule has 1 amide bonds. The van der Waals surface area contributed by atoms with Crippen LogP contribution in [-0.2, 0) is 25.6 Å². The fourth-order valence-corrected chi connectivity index (χ4v) is 3.76. The van der Waals surface area contributed by atoms with E-state index in [9.17, 15) is 19.5 Å². The molecular formula is C18H20NO5S-. The number of thiophene rings is 1. The summed E-state index contributed by atoms with van der Waals surface area (Å²) in [6, 6.07) is 7.98. The zero-order valence-electron chi connectivity index (χ0n) is 14.2. The average Bonchev–Trinajstić information content (AvgIpc) is 3.00. The zero-order valence-corrected chi connectivity index (χ0v) is 15.0. The topological polar surface area (TPSA) is 95.5 Å². The van der Waals surface area contributed by atoms with Crippen molar-refractivity contribution < 1.29 is 24.3 Å². The Morgan fingerprint density at radius 1 is 1.20 bits per heavy atom. The molecule has 2 aromatic rings. The Kier molecular flexibility index (Phi) is 6.14. The highest BCUT2D eigenvalue weighted by atomic mass is 32.1. The molecule has 0 radical (unpaired) electrons. The van der Waals surface area contributed by atoms with Gasteiger partial charge in [0.15, 0.2) is 0 Å². The standard InChI is InChI=1S/C18H21NO5S/c1-3-18(4-2,17(23)19-24-16(22)9-15(20)21)10-12-11-25-14-8-6-5-7-13(12)14/h5-8,11H,3-4,9-10H2,1-2H3,(H,19,23)(H,20,21)/p-1. The van der Waals surface area contributed by atoms with Crippen molar-refractivity contribution in [2.24, 2.45) is 5.41 Å². The quantitative estimate of drug-likeness (QED) is 0.600. The van der Waals surface area contributed by atoms with Crippen molar-refractivity contribution in [1.82, 2.24) is 5.48 Å². The van der Waals surface area contributed by atoms with Crippen LogP contribution in [0.15, 0.2) is 29.6 Å². The van der Waals surface area contributed by atoms with E-state index in [2.05, 4.69) is 10.3 Å². The number of nitrogens with one attached hydrogen (secondary N) is 1. The fourth-order valence-electron chi connectivity index (χ4n) is 2.80. The third-order valence-electron chi connectivity index (χ3n) is 4.47. The minimum atomic E-state index is -1.55. The van der Waals surface area contributed by atoms with Crippen LogP contribution in [0.5, 0.6) is 0 Å². The van der Waals surface area contributed by atoms with Gasteiger partial charge in [0.05, 0.1) is 17.8 Å². The van der Waals surface area contributed by atoms with Gasteiger partial charge in [0.1, 0.15) is 0 Å². The van der Waals surface area contributed by atoms with E-state index in [1.54, 1.807) is 11.3 Å². The van der Waals surface area contributed by atoms with Crippen molar-refractivity contribution in [2.45, 2.75) is 39.5 Å². The van der Waals surface area contributed by atoms with E-state index in [4.69, 9.17) is 0 Å². The molecule has 0 aliphatic heterocycles. The molecule has 1 N–H and O–H groups in total. The van der Waals surface area contributed by atoms with Crippen LogP contribution in [-0.4, -0.2) is 17.8 Å². The first-order valence-corrected chi connectivity index (χ1v) is 8.95. The lowest BCUT2D eigenvalue weighted by Crippen LogP contribution is -2.43. The number of carbonyl (C=O) groups excluding carboxylic acids is 3. The van der Waals surface area contributed by atoms with Crippen LogP contribution in [0.3, 0.4) is 0 Å². The first-order chi connectivity index (χ1) is 11.9. The number of fused-ring (bicyclic) bond motifs is 1. The first kappa shape index (κ1) is 18.9. The van der Waals surface area contributed by atoms with Gasteiger partial charge in [-0.3, -0.25) is 4.79 Å². The number of carboxylic acid groups (broad SMARTS) is 1. The van der Waals surface area contributed by atoms with Crippen molar-refractivity contribution in [3.63, 3.8) is 0 Å². The van der Waals surface area contributed by atoms with Crippen LogP contribution >= 0.6 is 11.3 Å². The third kappa shape index (κ3) is 4.36. The van der Waals surface area contributed by atoms with Gasteiger partial charge >= 0.3 is 5.97 Å². The Morgan fingerprint density at radius 3 is 2.52 bits per heavy atom. The normalized spacial score (nSPS) is 11.3. The van der Waals surface area contributed by atoms with Crippen molar-refractivity contribution in [1.29, 1.82) is 0 Å². The molecule has 0 saturated heterocycles. The van der Waals surface area contributed by atoms with Crippen molar-refractivity contribution >= 4 is 39.3 Å². The molecule has 1 heterocycles. The Balaban J connectivity index is 2.15. The Labute approximate surface area is 149 Å². The van der Waals surface area contributed by atoms with E-state index in [1.165, 1.54) is 0 Å². The van der Waals surface area contributed by atoms with E-state index >= 15 is 0 Å². The molecule has 0 atom stereocenters. The summed E-state index contributed by atoms with van der Waals surface area (Å²) in [7, 11) is 0. The maximum absolute atomic E-state index is 12.6. The van der Waals surface area contributed by atoms with Crippen LogP contribution in [0.2, 0.25) is 0 Å². The number of carbonyl (C=O) groups is 3. The second kappa shape index (κ2) is 8.11. The molecule has 0 aliphatic carbocycles. The highest BCUT2D eigenvalue weighted by Gasteiger charge is 2.36. The molecule has 7 heteroatoms. The second-order valence-corrected chi connectivity index (χ2v) is 6.79. The highest BCUT2D eigenvalue weighted by molar-refractivity contribution is 7.17. The van der Waals surface area contributed by atoms with Gasteiger partial charge in [-0.05, 0) is 41.7 Å². The predicted molar refractivity (Wildman–Crippen MR) is 92.4 cm³/mol. The van der Waals surface area contributed by atoms with Crippen molar-refractivity contribution in [3.8, 4) is 0 Å². The molecule has 0 bridgehead atoms. The summed E-state index contributed by atoms with van der Waals surface area (Å²) in [5.74, 6) is -3.05. The number of carboxylic acids is 1. The minimum Gasteiger partial charge on any atom is -0.550 e. The van der Waals surface area contributed by atoms with Crippen LogP contribution in [0.1, 0.15) is 38.7 Å². The van der Waals surface area contributed by atoms with E-state index in [1.807, 2.05) is 43.5 Å². The molecule has 0 unspecified atom stereocenters. The largest absolute Gasteiger partial charge is 0.550 e. The first-order valence-electron chi connectivity index (χ1n) is 8.07. The molecule has 0 saturated carbocycles. The number of hydrogen-bond acceptors (Lipinski definition) is 6. The van der Waals surface area contributed by atoms with Crippen LogP contribution in [0.25, 0.3) is 10.1 Å². The monoisotopic (exact) mass is 362 g/mol. The number of aliphatic carboxylic acids is 1. The number of hydroxylamine groups is 1. The average molecular weight is 362 g/mol. The van der Waals surface area contributed by atoms with Gasteiger partial charge in [-0.15, -0.1) is 11.3 Å². The van der Waals surface area contributed by atoms with Crippen LogP contribution < -0.4 is 10.6 Å². The summed E-state index contributed by atoms with van der Waals surface area (Å²) in [6.07, 6.45) is 0.712. The lowest BCUT2D eigenvalue weighted by molar-refractivity contribution is -0.305. The van der Waals surface area contributed by atoms with Crippen LogP contribution in [0.4, 0.5) is 0 Å². The summed E-state index contributed by atoms with van der Waals surface area (Å²) in [5, 5.41) is 13.5. The van der Waals surface area contributed by atoms with E-state index in [0.29, 0.717) is 19.3 Å². The second-order valence-electron chi connectivity index (χ2n) is 5.88. The maximum Gasteiger partial charge on any atom is 0.337 e. The molecule has 0 spiro atoms. The molecule has 0 fully saturated rings. The van der Waals surface area contributed by atoms with E-state index in [-0.39, 0.29) is 0 Å². The summed E-state index contributed by atoms with van der Waals surface area (Å²) in [6.45, 7) is 3.81. The van der Waals surface area contributed by atoms with E-state index < -0.39 is 29.7 Å². The number of benzene rings is 1. The lowest BCUT2D eigenvalue weighted by atomic mass is 9.76. The predicted octanol–water partition coefficient (Wildman–Crippen LogP) is 1.96. The fraction of sp³-hybridized carbons (Fsp3) is 0.389. The Hall–Kier alpha value is -2.41. The van der Waals surface area contributed by atoms with Gasteiger partial charge < -0.3 is 14.7 Å². The zero-order chi connectivity index (χ0) is 18.4. The minimum absolute atomic E-state index is 0.431. The van der Waals surface area contributed by atoms with Crippen molar-refractivity contribution in [2.75, 3.05) is 0 Å². The summed E-state index contributed by atoms with van der Waals surface area (Å²) < 4.78 is 1.15. The molecule has 1 aromatic heterocycles. The van der Waals surface area contributed by atoms with Gasteiger partial charge in [-0.2, -0.15) is 5.48 Å². The Morgan fingerprint density at radius 2 is 1.88 bits per heavy atom. The van der Waals surface area contributed by atoms with Gasteiger partial charge in [0.25, 0.3) is 5.91 Å². The molecule has 6 nitrogen and oxygen atoms in total. The molecular weight excluding hydrogens is 342 g/mol.